The highest BCUT2D eigenvalue weighted by atomic mass is 127. The predicted octanol–water partition coefficient (Wildman–Crippen LogP) is 6.69. The zero-order valence-corrected chi connectivity index (χ0v) is 21.5. The molecule has 0 saturated heterocycles. The number of anilines is 1. The molecule has 4 aliphatic rings. The van der Waals surface area contributed by atoms with Gasteiger partial charge in [-0.3, -0.25) is 4.79 Å². The van der Waals surface area contributed by atoms with Crippen molar-refractivity contribution >= 4 is 34.3 Å². The van der Waals surface area contributed by atoms with Crippen molar-refractivity contribution in [1.29, 1.82) is 0 Å². The van der Waals surface area contributed by atoms with Crippen LogP contribution in [-0.2, 0) is 17.6 Å². The van der Waals surface area contributed by atoms with Gasteiger partial charge in [-0.25, -0.2) is 9.97 Å². The van der Waals surface area contributed by atoms with Crippen molar-refractivity contribution in [1.82, 2.24) is 9.97 Å². The molecule has 4 fully saturated rings. The molecule has 0 aliphatic heterocycles. The van der Waals surface area contributed by atoms with Crippen molar-refractivity contribution in [2.45, 2.75) is 51.4 Å². The van der Waals surface area contributed by atoms with E-state index in [2.05, 4.69) is 40.0 Å². The van der Waals surface area contributed by atoms with Crippen molar-refractivity contribution in [2.75, 3.05) is 5.32 Å². The maximum absolute atomic E-state index is 13.0. The van der Waals surface area contributed by atoms with Crippen molar-refractivity contribution < 1.29 is 4.79 Å². The Morgan fingerprint density at radius 1 is 0.941 bits per heavy atom. The summed E-state index contributed by atoms with van der Waals surface area (Å²) < 4.78 is 1.17. The quantitative estimate of drug-likeness (QED) is 0.340. The number of carbonyl (C=O) groups excluding carboxylic acids is 1. The van der Waals surface area contributed by atoms with Crippen LogP contribution < -0.4 is 5.32 Å². The second kappa shape index (κ2) is 9.06. The molecular weight excluding hydrogens is 533 g/mol. The Balaban J connectivity index is 1.29. The highest BCUT2D eigenvalue weighted by molar-refractivity contribution is 14.1. The first-order chi connectivity index (χ1) is 16.5. The van der Waals surface area contributed by atoms with E-state index in [0.717, 1.165) is 46.7 Å². The van der Waals surface area contributed by atoms with E-state index in [1.54, 1.807) is 6.20 Å². The van der Waals surface area contributed by atoms with Gasteiger partial charge in [0.05, 0.1) is 24.0 Å². The van der Waals surface area contributed by atoms with Crippen LogP contribution in [0.15, 0.2) is 60.8 Å². The summed E-state index contributed by atoms with van der Waals surface area (Å²) in [6, 6.07) is 18.3. The summed E-state index contributed by atoms with van der Waals surface area (Å²) in [5.74, 6) is 3.27. The Hall–Kier alpha value is -2.28. The third-order valence-corrected chi connectivity index (χ3v) is 8.88. The lowest BCUT2D eigenvalue weighted by atomic mass is 9.48. The number of amides is 1. The molecule has 0 atom stereocenters. The molecule has 0 radical (unpaired) electrons. The number of hydrogen-bond donors (Lipinski definition) is 1. The highest BCUT2D eigenvalue weighted by Crippen LogP contribution is 2.61. The van der Waals surface area contributed by atoms with Gasteiger partial charge in [-0.05, 0) is 108 Å². The van der Waals surface area contributed by atoms with E-state index < -0.39 is 0 Å². The summed E-state index contributed by atoms with van der Waals surface area (Å²) in [6.45, 7) is 0. The number of nitrogens with zero attached hydrogens (tertiary/aromatic N) is 2. The minimum Gasteiger partial charge on any atom is -0.309 e. The Kier molecular flexibility index (Phi) is 5.92. The van der Waals surface area contributed by atoms with E-state index in [1.807, 2.05) is 42.5 Å². The first-order valence-electron chi connectivity index (χ1n) is 12.5. The molecular formula is C29H30IN3O. The van der Waals surface area contributed by atoms with Crippen molar-refractivity contribution in [2.24, 2.45) is 23.2 Å². The van der Waals surface area contributed by atoms with Gasteiger partial charge in [0.25, 0.3) is 0 Å². The average Bonchev–Trinajstić information content (AvgIpc) is 2.81. The molecule has 4 nitrogen and oxygen atoms in total. The van der Waals surface area contributed by atoms with Gasteiger partial charge in [0.1, 0.15) is 0 Å². The molecule has 1 heterocycles. The standard InChI is InChI=1S/C29H30IN3O/c30-24-8-6-19(7-9-24)13-27(34)33-28-25(32-26(18-31-28)23-4-2-1-3-5-23)17-29-14-20-10-21(15-29)12-22(11-20)16-29/h1-9,18,20-22H,10-17H2,(H,31,33,34). The molecule has 5 heteroatoms. The topological polar surface area (TPSA) is 54.9 Å². The molecule has 1 aromatic heterocycles. The van der Waals surface area contributed by atoms with E-state index in [-0.39, 0.29) is 5.91 Å². The summed E-state index contributed by atoms with van der Waals surface area (Å²) in [4.78, 5) is 22.8. The van der Waals surface area contributed by atoms with Gasteiger partial charge < -0.3 is 5.32 Å². The monoisotopic (exact) mass is 563 g/mol. The lowest BCUT2D eigenvalue weighted by molar-refractivity contribution is -0.115. The van der Waals surface area contributed by atoms with E-state index in [4.69, 9.17) is 9.97 Å². The van der Waals surface area contributed by atoms with Crippen LogP contribution in [-0.4, -0.2) is 15.9 Å². The maximum atomic E-state index is 13.0. The molecule has 0 spiro atoms. The molecule has 4 bridgehead atoms. The minimum absolute atomic E-state index is 0.0327. The normalized spacial score (nSPS) is 27.0. The van der Waals surface area contributed by atoms with Gasteiger partial charge in [-0.15, -0.1) is 0 Å². The molecule has 2 aromatic carbocycles. The SMILES string of the molecule is O=C(Cc1ccc(I)cc1)Nc1ncc(-c2ccccc2)nc1CC12CC3CC(CC(C3)C1)C2. The molecule has 174 valence electrons. The van der Waals surface area contributed by atoms with E-state index in [1.165, 1.54) is 42.1 Å². The van der Waals surface area contributed by atoms with Crippen LogP contribution in [0.5, 0.6) is 0 Å². The number of hydrogen-bond acceptors (Lipinski definition) is 3. The fourth-order valence-corrected chi connectivity index (χ4v) is 7.59. The van der Waals surface area contributed by atoms with Crippen LogP contribution in [0, 0.1) is 26.7 Å². The van der Waals surface area contributed by atoms with E-state index >= 15 is 0 Å². The highest BCUT2D eigenvalue weighted by Gasteiger charge is 2.51. The van der Waals surface area contributed by atoms with Crippen molar-refractivity contribution in [3.05, 3.63) is 75.6 Å². The lowest BCUT2D eigenvalue weighted by Gasteiger charge is -2.57. The second-order valence-corrected chi connectivity index (χ2v) is 12.1. The van der Waals surface area contributed by atoms with Gasteiger partial charge in [0.2, 0.25) is 5.91 Å². The Bertz CT molecular complexity index is 1160. The third kappa shape index (κ3) is 4.64. The van der Waals surface area contributed by atoms with E-state index in [9.17, 15) is 4.79 Å². The van der Waals surface area contributed by atoms with E-state index in [0.29, 0.717) is 17.7 Å². The minimum atomic E-state index is -0.0327. The largest absolute Gasteiger partial charge is 0.309 e. The lowest BCUT2D eigenvalue weighted by Crippen LogP contribution is -2.47. The number of aromatic nitrogens is 2. The Labute approximate surface area is 215 Å². The average molecular weight is 563 g/mol. The van der Waals surface area contributed by atoms with Crippen LogP contribution in [0.1, 0.15) is 49.8 Å². The summed E-state index contributed by atoms with van der Waals surface area (Å²) in [5, 5.41) is 3.12. The first kappa shape index (κ1) is 22.2. The van der Waals surface area contributed by atoms with Gasteiger partial charge in [-0.2, -0.15) is 0 Å². The van der Waals surface area contributed by atoms with Crippen LogP contribution in [0.2, 0.25) is 0 Å². The summed E-state index contributed by atoms with van der Waals surface area (Å²) in [7, 11) is 0. The summed E-state index contributed by atoms with van der Waals surface area (Å²) >= 11 is 2.28. The number of halogens is 1. The van der Waals surface area contributed by atoms with Gasteiger partial charge in [0.15, 0.2) is 5.82 Å². The maximum Gasteiger partial charge on any atom is 0.229 e. The van der Waals surface area contributed by atoms with Crippen molar-refractivity contribution in [3.8, 4) is 11.3 Å². The molecule has 4 aliphatic carbocycles. The molecule has 3 aromatic rings. The van der Waals surface area contributed by atoms with Crippen molar-refractivity contribution in [3.63, 3.8) is 0 Å². The fourth-order valence-electron chi connectivity index (χ4n) is 7.23. The summed E-state index contributed by atoms with van der Waals surface area (Å²) in [5.41, 5.74) is 4.25. The number of nitrogens with one attached hydrogen (secondary N) is 1. The van der Waals surface area contributed by atoms with Gasteiger partial charge in [-0.1, -0.05) is 42.5 Å². The molecule has 1 amide bonds. The van der Waals surface area contributed by atoms with Crippen LogP contribution in [0.4, 0.5) is 5.82 Å². The Morgan fingerprint density at radius 3 is 2.24 bits per heavy atom. The van der Waals surface area contributed by atoms with Crippen LogP contribution in [0.3, 0.4) is 0 Å². The van der Waals surface area contributed by atoms with Crippen LogP contribution >= 0.6 is 22.6 Å². The molecule has 34 heavy (non-hydrogen) atoms. The molecule has 1 N–H and O–H groups in total. The number of carbonyl (C=O) groups is 1. The van der Waals surface area contributed by atoms with Gasteiger partial charge >= 0.3 is 0 Å². The number of rotatable bonds is 6. The zero-order valence-electron chi connectivity index (χ0n) is 19.3. The number of benzene rings is 2. The predicted molar refractivity (Wildman–Crippen MR) is 143 cm³/mol. The second-order valence-electron chi connectivity index (χ2n) is 10.9. The smallest absolute Gasteiger partial charge is 0.229 e. The Morgan fingerprint density at radius 2 is 1.59 bits per heavy atom. The first-order valence-corrected chi connectivity index (χ1v) is 13.6. The van der Waals surface area contributed by atoms with Gasteiger partial charge in [0, 0.05) is 9.13 Å². The molecule has 7 rings (SSSR count). The summed E-state index contributed by atoms with van der Waals surface area (Å²) in [6.07, 6.45) is 11.3. The fraction of sp³-hybridized carbons (Fsp3) is 0.414. The third-order valence-electron chi connectivity index (χ3n) is 8.16. The molecule has 0 unspecified atom stereocenters. The van der Waals surface area contributed by atoms with Crippen LogP contribution in [0.25, 0.3) is 11.3 Å². The molecule has 4 saturated carbocycles. The zero-order chi connectivity index (χ0) is 23.1.